The number of carbonyl (C=O) groups excluding carboxylic acids is 1. The molecule has 0 aliphatic rings. The molecule has 0 amide bonds. The van der Waals surface area contributed by atoms with Crippen molar-refractivity contribution in [1.29, 1.82) is 0 Å². The lowest BCUT2D eigenvalue weighted by atomic mass is 10.1. The molecule has 31 heavy (non-hydrogen) atoms. The third kappa shape index (κ3) is 5.36. The van der Waals surface area contributed by atoms with Crippen molar-refractivity contribution in [2.45, 2.75) is 27.0 Å². The molecule has 0 saturated carbocycles. The fourth-order valence-corrected chi connectivity index (χ4v) is 2.98. The van der Waals surface area contributed by atoms with Gasteiger partial charge in [0.25, 0.3) is 0 Å². The van der Waals surface area contributed by atoms with Crippen LogP contribution in [0.4, 0.5) is 5.69 Å². The van der Waals surface area contributed by atoms with Crippen LogP contribution >= 0.6 is 0 Å². The van der Waals surface area contributed by atoms with Crippen molar-refractivity contribution in [3.05, 3.63) is 87.2 Å². The first-order valence-corrected chi connectivity index (χ1v) is 9.72. The molecule has 0 saturated heterocycles. The van der Waals surface area contributed by atoms with Crippen LogP contribution in [0.15, 0.2) is 54.7 Å². The number of ether oxygens (including phenoxy) is 2. The van der Waals surface area contributed by atoms with Crippen LogP contribution in [0.3, 0.4) is 0 Å². The van der Waals surface area contributed by atoms with E-state index in [1.54, 1.807) is 41.2 Å². The topological polar surface area (TPSA) is 96.5 Å². The molecule has 0 atom stereocenters. The number of methoxy groups -OCH3 is 1. The summed E-state index contributed by atoms with van der Waals surface area (Å²) in [6.07, 6.45) is 4.90. The third-order valence-corrected chi connectivity index (χ3v) is 4.64. The smallest absolute Gasteiger partial charge is 0.310 e. The van der Waals surface area contributed by atoms with E-state index in [-0.39, 0.29) is 23.8 Å². The predicted molar refractivity (Wildman–Crippen MR) is 116 cm³/mol. The first-order chi connectivity index (χ1) is 14.9. The molecule has 0 radical (unpaired) electrons. The molecule has 0 bridgehead atoms. The van der Waals surface area contributed by atoms with Gasteiger partial charge in [-0.1, -0.05) is 18.2 Å². The lowest BCUT2D eigenvalue weighted by Gasteiger charge is -2.12. The number of rotatable bonds is 9. The highest BCUT2D eigenvalue weighted by Gasteiger charge is 2.16. The van der Waals surface area contributed by atoms with Crippen molar-refractivity contribution < 1.29 is 19.2 Å². The first-order valence-electron chi connectivity index (χ1n) is 9.72. The Balaban J connectivity index is 1.79. The molecule has 8 nitrogen and oxygen atoms in total. The highest BCUT2D eigenvalue weighted by atomic mass is 16.6. The number of nitrogens with zero attached hydrogens (tertiary/aromatic N) is 3. The Bertz CT molecular complexity index is 1130. The minimum absolute atomic E-state index is 0.0734. The Morgan fingerprint density at radius 2 is 2.00 bits per heavy atom. The summed E-state index contributed by atoms with van der Waals surface area (Å²) in [5, 5.41) is 15.5. The van der Waals surface area contributed by atoms with Gasteiger partial charge in [-0.3, -0.25) is 19.6 Å². The van der Waals surface area contributed by atoms with Gasteiger partial charge in [0.05, 0.1) is 12.0 Å². The molecule has 160 valence electrons. The van der Waals surface area contributed by atoms with Crippen LogP contribution in [0.25, 0.3) is 6.08 Å². The lowest BCUT2D eigenvalue weighted by molar-refractivity contribution is -0.386. The van der Waals surface area contributed by atoms with E-state index in [0.29, 0.717) is 23.6 Å². The number of aryl methyl sites for hydroxylation is 2. The van der Waals surface area contributed by atoms with E-state index in [1.807, 2.05) is 26.0 Å². The molecular formula is C23H23N3O5. The summed E-state index contributed by atoms with van der Waals surface area (Å²) in [7, 11) is 1.54. The van der Waals surface area contributed by atoms with Crippen LogP contribution in [-0.2, 0) is 13.2 Å². The Hall–Kier alpha value is -3.94. The van der Waals surface area contributed by atoms with E-state index in [2.05, 4.69) is 5.10 Å². The standard InChI is InChI=1S/C23H23N3O5/c1-4-25-12-11-19(24-25)21(27)9-6-17-7-10-22(30-3)18(14-17)15-31-23-13-16(2)5-8-20(23)26(28)29/h5-14H,4,15H2,1-3H3/b9-6+. The van der Waals surface area contributed by atoms with Gasteiger partial charge in [-0.05, 0) is 55.3 Å². The van der Waals surface area contributed by atoms with E-state index in [1.165, 1.54) is 19.3 Å². The number of allylic oxidation sites excluding steroid dienone is 1. The normalized spacial score (nSPS) is 10.9. The second-order valence-corrected chi connectivity index (χ2v) is 6.84. The van der Waals surface area contributed by atoms with Gasteiger partial charge in [0.15, 0.2) is 5.75 Å². The molecule has 0 aliphatic carbocycles. The van der Waals surface area contributed by atoms with Gasteiger partial charge in [-0.15, -0.1) is 0 Å². The van der Waals surface area contributed by atoms with E-state index >= 15 is 0 Å². The summed E-state index contributed by atoms with van der Waals surface area (Å²) in [5.41, 5.74) is 2.59. The number of aromatic nitrogens is 2. The number of nitro groups is 1. The number of ketones is 1. The maximum absolute atomic E-state index is 12.3. The summed E-state index contributed by atoms with van der Waals surface area (Å²) in [6, 6.07) is 11.8. The van der Waals surface area contributed by atoms with Crippen LogP contribution in [0.2, 0.25) is 0 Å². The first kappa shape index (κ1) is 21.8. The van der Waals surface area contributed by atoms with Crippen molar-refractivity contribution in [1.82, 2.24) is 9.78 Å². The number of hydrogen-bond acceptors (Lipinski definition) is 6. The average Bonchev–Trinajstić information content (AvgIpc) is 3.25. The minimum Gasteiger partial charge on any atom is -0.496 e. The monoisotopic (exact) mass is 421 g/mol. The van der Waals surface area contributed by atoms with Gasteiger partial charge in [-0.25, -0.2) is 0 Å². The van der Waals surface area contributed by atoms with E-state index in [9.17, 15) is 14.9 Å². The zero-order valence-corrected chi connectivity index (χ0v) is 17.6. The predicted octanol–water partition coefficient (Wildman–Crippen LogP) is 4.60. The van der Waals surface area contributed by atoms with Gasteiger partial charge >= 0.3 is 5.69 Å². The Labute approximate surface area is 179 Å². The Morgan fingerprint density at radius 1 is 1.19 bits per heavy atom. The van der Waals surface area contributed by atoms with Gasteiger partial charge in [0.1, 0.15) is 18.1 Å². The van der Waals surface area contributed by atoms with Gasteiger partial charge in [0.2, 0.25) is 5.78 Å². The quantitative estimate of drug-likeness (QED) is 0.217. The van der Waals surface area contributed by atoms with Crippen molar-refractivity contribution in [2.75, 3.05) is 7.11 Å². The van der Waals surface area contributed by atoms with Crippen molar-refractivity contribution in [2.24, 2.45) is 0 Å². The average molecular weight is 421 g/mol. The summed E-state index contributed by atoms with van der Waals surface area (Å²) in [4.78, 5) is 23.1. The number of benzene rings is 2. The molecule has 0 aliphatic heterocycles. The summed E-state index contributed by atoms with van der Waals surface area (Å²) in [5.74, 6) is 0.575. The molecule has 1 heterocycles. The highest BCUT2D eigenvalue weighted by Crippen LogP contribution is 2.30. The van der Waals surface area contributed by atoms with Gasteiger partial charge < -0.3 is 9.47 Å². The van der Waals surface area contributed by atoms with E-state index < -0.39 is 4.92 Å². The summed E-state index contributed by atoms with van der Waals surface area (Å²) in [6.45, 7) is 4.55. The van der Waals surface area contributed by atoms with E-state index in [4.69, 9.17) is 9.47 Å². The maximum Gasteiger partial charge on any atom is 0.310 e. The Morgan fingerprint density at radius 3 is 2.68 bits per heavy atom. The molecular weight excluding hydrogens is 398 g/mol. The van der Waals surface area contributed by atoms with Crippen LogP contribution in [0.1, 0.15) is 34.1 Å². The number of nitro benzene ring substituents is 1. The highest BCUT2D eigenvalue weighted by molar-refractivity contribution is 6.05. The molecule has 0 unspecified atom stereocenters. The van der Waals surface area contributed by atoms with Crippen LogP contribution in [0.5, 0.6) is 11.5 Å². The summed E-state index contributed by atoms with van der Waals surface area (Å²) >= 11 is 0. The summed E-state index contributed by atoms with van der Waals surface area (Å²) < 4.78 is 12.8. The van der Waals surface area contributed by atoms with Crippen LogP contribution < -0.4 is 9.47 Å². The second kappa shape index (κ2) is 9.71. The number of hydrogen-bond donors (Lipinski definition) is 0. The SMILES string of the molecule is CCn1ccc(C(=O)/C=C/c2ccc(OC)c(COc3cc(C)ccc3[N+](=O)[O-])c2)n1. The molecule has 8 heteroatoms. The fourth-order valence-electron chi connectivity index (χ4n) is 2.98. The molecule has 3 rings (SSSR count). The van der Waals surface area contributed by atoms with Crippen molar-refractivity contribution >= 4 is 17.5 Å². The Kier molecular flexibility index (Phi) is 6.81. The minimum atomic E-state index is -0.476. The number of carbonyl (C=O) groups is 1. The third-order valence-electron chi connectivity index (χ3n) is 4.64. The maximum atomic E-state index is 12.3. The van der Waals surface area contributed by atoms with E-state index in [0.717, 1.165) is 11.1 Å². The van der Waals surface area contributed by atoms with Gasteiger partial charge in [0, 0.05) is 24.4 Å². The molecule has 2 aromatic carbocycles. The largest absolute Gasteiger partial charge is 0.496 e. The van der Waals surface area contributed by atoms with Crippen molar-refractivity contribution in [3.63, 3.8) is 0 Å². The van der Waals surface area contributed by atoms with Crippen LogP contribution in [0, 0.1) is 17.0 Å². The van der Waals surface area contributed by atoms with Gasteiger partial charge in [-0.2, -0.15) is 5.10 Å². The van der Waals surface area contributed by atoms with Crippen molar-refractivity contribution in [3.8, 4) is 11.5 Å². The van der Waals surface area contributed by atoms with Crippen LogP contribution in [-0.4, -0.2) is 27.6 Å². The molecule has 0 fully saturated rings. The molecule has 0 N–H and O–H groups in total. The zero-order chi connectivity index (χ0) is 22.4. The molecule has 1 aromatic heterocycles. The fraction of sp³-hybridized carbons (Fsp3) is 0.217. The lowest BCUT2D eigenvalue weighted by Crippen LogP contribution is -2.02. The molecule has 3 aromatic rings. The second-order valence-electron chi connectivity index (χ2n) is 6.84. The zero-order valence-electron chi connectivity index (χ0n) is 17.6. The molecule has 0 spiro atoms.